The molecule has 174 valence electrons. The standard InChI is InChI=1S/C25H18Cl2INO4S/c1-32-21-11-17(10-20(28)23(21)33-14-15-5-3-2-4-6-15)12-22-24(30)29(25(31)34-22)13-16-7-8-18(26)19(27)9-16/h2-12H,13-14H2,1H3/b22-12-. The first-order chi connectivity index (χ1) is 16.4. The summed E-state index contributed by atoms with van der Waals surface area (Å²) in [5.74, 6) is 0.806. The molecule has 1 heterocycles. The van der Waals surface area contributed by atoms with Crippen LogP contribution in [0.1, 0.15) is 16.7 Å². The summed E-state index contributed by atoms with van der Waals surface area (Å²) in [4.78, 5) is 27.0. The molecule has 0 unspecified atom stereocenters. The molecule has 9 heteroatoms. The van der Waals surface area contributed by atoms with Crippen molar-refractivity contribution in [1.29, 1.82) is 0 Å². The van der Waals surface area contributed by atoms with Crippen LogP contribution in [0.3, 0.4) is 0 Å². The second kappa shape index (κ2) is 11.0. The van der Waals surface area contributed by atoms with Crippen molar-refractivity contribution in [2.75, 3.05) is 7.11 Å². The Morgan fingerprint density at radius 2 is 1.76 bits per heavy atom. The number of halogens is 3. The van der Waals surface area contributed by atoms with Crippen LogP contribution in [0.2, 0.25) is 10.0 Å². The SMILES string of the molecule is COc1cc(/C=C2\SC(=O)N(Cc3ccc(Cl)c(Cl)c3)C2=O)cc(I)c1OCc1ccccc1. The van der Waals surface area contributed by atoms with Gasteiger partial charge in [0.25, 0.3) is 11.1 Å². The smallest absolute Gasteiger partial charge is 0.293 e. The first-order valence-electron chi connectivity index (χ1n) is 10.1. The fourth-order valence-corrected chi connectivity index (χ4v) is 5.24. The minimum atomic E-state index is -0.362. The minimum absolute atomic E-state index is 0.117. The van der Waals surface area contributed by atoms with E-state index in [4.69, 9.17) is 32.7 Å². The highest BCUT2D eigenvalue weighted by molar-refractivity contribution is 14.1. The lowest BCUT2D eigenvalue weighted by atomic mass is 10.1. The zero-order chi connectivity index (χ0) is 24.2. The number of thioether (sulfide) groups is 1. The van der Waals surface area contributed by atoms with E-state index in [1.165, 1.54) is 4.90 Å². The number of hydrogen-bond donors (Lipinski definition) is 0. The summed E-state index contributed by atoms with van der Waals surface area (Å²) in [6.07, 6.45) is 1.69. The van der Waals surface area contributed by atoms with E-state index < -0.39 is 0 Å². The molecule has 34 heavy (non-hydrogen) atoms. The van der Waals surface area contributed by atoms with Crippen LogP contribution in [0.4, 0.5) is 4.79 Å². The summed E-state index contributed by atoms with van der Waals surface area (Å²) < 4.78 is 12.4. The number of amides is 2. The van der Waals surface area contributed by atoms with Gasteiger partial charge >= 0.3 is 0 Å². The Balaban J connectivity index is 1.53. The van der Waals surface area contributed by atoms with Crippen LogP contribution in [-0.2, 0) is 17.9 Å². The molecule has 3 aromatic rings. The van der Waals surface area contributed by atoms with Gasteiger partial charge in [0.1, 0.15) is 6.61 Å². The van der Waals surface area contributed by atoms with Crippen molar-refractivity contribution in [1.82, 2.24) is 4.90 Å². The first kappa shape index (κ1) is 24.9. The van der Waals surface area contributed by atoms with E-state index in [9.17, 15) is 9.59 Å². The molecule has 1 aliphatic rings. The van der Waals surface area contributed by atoms with Gasteiger partial charge in [0.15, 0.2) is 11.5 Å². The molecule has 1 aliphatic heterocycles. The number of benzene rings is 3. The molecule has 0 spiro atoms. The maximum atomic E-state index is 12.9. The lowest BCUT2D eigenvalue weighted by Crippen LogP contribution is -2.27. The monoisotopic (exact) mass is 625 g/mol. The number of methoxy groups -OCH3 is 1. The van der Waals surface area contributed by atoms with Crippen LogP contribution < -0.4 is 9.47 Å². The van der Waals surface area contributed by atoms with E-state index in [1.807, 2.05) is 36.4 Å². The number of carbonyl (C=O) groups excluding carboxylic acids is 2. The predicted molar refractivity (Wildman–Crippen MR) is 144 cm³/mol. The Hall–Kier alpha value is -2.20. The van der Waals surface area contributed by atoms with E-state index >= 15 is 0 Å². The van der Waals surface area contributed by atoms with E-state index in [0.29, 0.717) is 38.6 Å². The zero-order valence-corrected chi connectivity index (χ0v) is 22.4. The Bertz CT molecular complexity index is 1280. The number of nitrogens with zero attached hydrogens (tertiary/aromatic N) is 1. The van der Waals surface area contributed by atoms with Crippen LogP contribution in [-0.4, -0.2) is 23.2 Å². The van der Waals surface area contributed by atoms with E-state index in [2.05, 4.69) is 22.6 Å². The average Bonchev–Trinajstić information content (AvgIpc) is 3.08. The van der Waals surface area contributed by atoms with Crippen LogP contribution in [0.5, 0.6) is 11.5 Å². The molecule has 3 aromatic carbocycles. The summed E-state index contributed by atoms with van der Waals surface area (Å²) in [5.41, 5.74) is 2.49. The largest absolute Gasteiger partial charge is 0.493 e. The van der Waals surface area contributed by atoms with Crippen molar-refractivity contribution in [3.05, 3.63) is 95.9 Å². The van der Waals surface area contributed by atoms with Crippen molar-refractivity contribution in [3.63, 3.8) is 0 Å². The fourth-order valence-electron chi connectivity index (χ4n) is 3.30. The topological polar surface area (TPSA) is 55.8 Å². The molecule has 5 nitrogen and oxygen atoms in total. The molecule has 0 aromatic heterocycles. The minimum Gasteiger partial charge on any atom is -0.493 e. The van der Waals surface area contributed by atoms with Gasteiger partial charge in [-0.25, -0.2) is 0 Å². The molecule has 0 atom stereocenters. The fraction of sp³-hybridized carbons (Fsp3) is 0.120. The third-order valence-corrected chi connectivity index (χ3v) is 7.42. The van der Waals surface area contributed by atoms with Gasteiger partial charge in [0.2, 0.25) is 0 Å². The molecule has 1 fully saturated rings. The zero-order valence-electron chi connectivity index (χ0n) is 17.9. The number of ether oxygens (including phenoxy) is 2. The van der Waals surface area contributed by atoms with Gasteiger partial charge in [-0.05, 0) is 81.4 Å². The molecular formula is C25H18Cl2INO4S. The average molecular weight is 626 g/mol. The molecule has 4 rings (SSSR count). The van der Waals surface area contributed by atoms with Crippen molar-refractivity contribution < 1.29 is 19.1 Å². The predicted octanol–water partition coefficient (Wildman–Crippen LogP) is 7.42. The van der Waals surface area contributed by atoms with Gasteiger partial charge in [-0.3, -0.25) is 14.5 Å². The van der Waals surface area contributed by atoms with Gasteiger partial charge in [0.05, 0.1) is 32.2 Å². The Morgan fingerprint density at radius 1 is 1.00 bits per heavy atom. The second-order valence-corrected chi connectivity index (χ2v) is 10.3. The Morgan fingerprint density at radius 3 is 2.47 bits per heavy atom. The van der Waals surface area contributed by atoms with Gasteiger partial charge in [-0.1, -0.05) is 59.6 Å². The molecule has 0 aliphatic carbocycles. The van der Waals surface area contributed by atoms with Crippen molar-refractivity contribution >= 4 is 74.8 Å². The van der Waals surface area contributed by atoms with Gasteiger partial charge in [-0.2, -0.15) is 0 Å². The third kappa shape index (κ3) is 5.71. The summed E-state index contributed by atoms with van der Waals surface area (Å²) in [5, 5.41) is 0.448. The Labute approximate surface area is 225 Å². The third-order valence-electron chi connectivity index (χ3n) is 4.97. The van der Waals surface area contributed by atoms with Crippen LogP contribution in [0.25, 0.3) is 6.08 Å². The molecule has 0 N–H and O–H groups in total. The van der Waals surface area contributed by atoms with Crippen molar-refractivity contribution in [2.24, 2.45) is 0 Å². The number of hydrogen-bond acceptors (Lipinski definition) is 5. The first-order valence-corrected chi connectivity index (χ1v) is 12.7. The summed E-state index contributed by atoms with van der Waals surface area (Å²) >= 11 is 15.1. The molecule has 2 amide bonds. The van der Waals surface area contributed by atoms with Crippen LogP contribution in [0, 0.1) is 3.57 Å². The second-order valence-electron chi connectivity index (χ2n) is 7.32. The molecule has 0 saturated carbocycles. The van der Waals surface area contributed by atoms with E-state index in [-0.39, 0.29) is 17.7 Å². The highest BCUT2D eigenvalue weighted by Gasteiger charge is 2.35. The van der Waals surface area contributed by atoms with Crippen molar-refractivity contribution in [2.45, 2.75) is 13.2 Å². The van der Waals surface area contributed by atoms with Crippen LogP contribution >= 0.6 is 57.6 Å². The van der Waals surface area contributed by atoms with Crippen molar-refractivity contribution in [3.8, 4) is 11.5 Å². The van der Waals surface area contributed by atoms with Crippen LogP contribution in [0.15, 0.2) is 65.6 Å². The van der Waals surface area contributed by atoms with E-state index in [0.717, 1.165) is 26.5 Å². The highest BCUT2D eigenvalue weighted by atomic mass is 127. The lowest BCUT2D eigenvalue weighted by Gasteiger charge is -2.14. The summed E-state index contributed by atoms with van der Waals surface area (Å²) in [7, 11) is 1.57. The maximum Gasteiger partial charge on any atom is 0.293 e. The number of carbonyl (C=O) groups is 2. The van der Waals surface area contributed by atoms with Gasteiger partial charge in [0, 0.05) is 0 Å². The molecule has 0 radical (unpaired) electrons. The molecule has 1 saturated heterocycles. The summed E-state index contributed by atoms with van der Waals surface area (Å²) in [6, 6.07) is 18.5. The molecular weight excluding hydrogens is 608 g/mol. The summed E-state index contributed by atoms with van der Waals surface area (Å²) in [6.45, 7) is 0.520. The van der Waals surface area contributed by atoms with Gasteiger partial charge in [-0.15, -0.1) is 0 Å². The quantitative estimate of drug-likeness (QED) is 0.202. The molecule has 0 bridgehead atoms. The number of rotatable bonds is 7. The Kier molecular flexibility index (Phi) is 8.08. The maximum absolute atomic E-state index is 12.9. The normalized spacial score (nSPS) is 14.7. The van der Waals surface area contributed by atoms with E-state index in [1.54, 1.807) is 37.5 Å². The highest BCUT2D eigenvalue weighted by Crippen LogP contribution is 2.38. The lowest BCUT2D eigenvalue weighted by molar-refractivity contribution is -0.123. The number of imide groups is 1. The van der Waals surface area contributed by atoms with Gasteiger partial charge < -0.3 is 9.47 Å².